The van der Waals surface area contributed by atoms with Gasteiger partial charge < -0.3 is 10.0 Å². The fourth-order valence-electron chi connectivity index (χ4n) is 1.55. The lowest BCUT2D eigenvalue weighted by molar-refractivity contribution is -0.122. The molecular weight excluding hydrogens is 230 g/mol. The molecule has 18 heavy (non-hydrogen) atoms. The molecule has 0 aromatic heterocycles. The first-order valence-electron chi connectivity index (χ1n) is 5.95. The SMILES string of the molecule is CC(C)C(C)C(=O)N(C)c1ccc(C(=O)O)cc1. The highest BCUT2D eigenvalue weighted by atomic mass is 16.4. The van der Waals surface area contributed by atoms with E-state index in [0.29, 0.717) is 5.69 Å². The van der Waals surface area contributed by atoms with Crippen LogP contribution in [0.2, 0.25) is 0 Å². The molecule has 0 aliphatic rings. The van der Waals surface area contributed by atoms with Crippen molar-refractivity contribution in [3.8, 4) is 0 Å². The Balaban J connectivity index is 2.87. The van der Waals surface area contributed by atoms with Crippen molar-refractivity contribution < 1.29 is 14.7 Å². The number of nitrogens with zero attached hydrogens (tertiary/aromatic N) is 1. The molecule has 0 heterocycles. The molecule has 1 amide bonds. The zero-order chi connectivity index (χ0) is 13.9. The number of rotatable bonds is 4. The Kier molecular flexibility index (Phi) is 4.48. The van der Waals surface area contributed by atoms with Gasteiger partial charge in [-0.05, 0) is 30.2 Å². The minimum absolute atomic E-state index is 0.0353. The molecule has 0 fully saturated rings. The summed E-state index contributed by atoms with van der Waals surface area (Å²) < 4.78 is 0. The second-order valence-electron chi connectivity index (χ2n) is 4.78. The predicted molar refractivity (Wildman–Crippen MR) is 70.8 cm³/mol. The first-order chi connectivity index (χ1) is 8.34. The van der Waals surface area contributed by atoms with E-state index in [4.69, 9.17) is 5.11 Å². The lowest BCUT2D eigenvalue weighted by atomic mass is 9.96. The Morgan fingerprint density at radius 1 is 1.11 bits per heavy atom. The molecule has 4 nitrogen and oxygen atoms in total. The van der Waals surface area contributed by atoms with E-state index >= 15 is 0 Å². The van der Waals surface area contributed by atoms with Crippen LogP contribution in [0.1, 0.15) is 31.1 Å². The summed E-state index contributed by atoms with van der Waals surface area (Å²) in [6.45, 7) is 5.91. The van der Waals surface area contributed by atoms with Crippen molar-refractivity contribution in [3.05, 3.63) is 29.8 Å². The molecule has 0 saturated carbocycles. The Morgan fingerprint density at radius 2 is 1.61 bits per heavy atom. The molecule has 0 aliphatic carbocycles. The van der Waals surface area contributed by atoms with E-state index in [1.54, 1.807) is 24.1 Å². The number of benzene rings is 1. The van der Waals surface area contributed by atoms with Gasteiger partial charge in [-0.1, -0.05) is 20.8 Å². The first-order valence-corrected chi connectivity index (χ1v) is 5.95. The first kappa shape index (κ1) is 14.2. The van der Waals surface area contributed by atoms with Gasteiger partial charge in [0.2, 0.25) is 5.91 Å². The van der Waals surface area contributed by atoms with Gasteiger partial charge in [-0.3, -0.25) is 4.79 Å². The lowest BCUT2D eigenvalue weighted by Crippen LogP contribution is -2.33. The predicted octanol–water partition coefficient (Wildman–Crippen LogP) is 2.64. The highest BCUT2D eigenvalue weighted by molar-refractivity contribution is 5.95. The van der Waals surface area contributed by atoms with Crippen LogP contribution in [0.5, 0.6) is 0 Å². The summed E-state index contributed by atoms with van der Waals surface area (Å²) >= 11 is 0. The fourth-order valence-corrected chi connectivity index (χ4v) is 1.55. The molecule has 0 bridgehead atoms. The van der Waals surface area contributed by atoms with Crippen molar-refractivity contribution in [2.24, 2.45) is 11.8 Å². The maximum Gasteiger partial charge on any atom is 0.335 e. The summed E-state index contributed by atoms with van der Waals surface area (Å²) in [5.74, 6) is -0.716. The monoisotopic (exact) mass is 249 g/mol. The van der Waals surface area contributed by atoms with Crippen molar-refractivity contribution >= 4 is 17.6 Å². The van der Waals surface area contributed by atoms with E-state index in [9.17, 15) is 9.59 Å². The van der Waals surface area contributed by atoms with E-state index in [0.717, 1.165) is 0 Å². The van der Waals surface area contributed by atoms with Crippen molar-refractivity contribution in [1.29, 1.82) is 0 Å². The van der Waals surface area contributed by atoms with E-state index < -0.39 is 5.97 Å². The van der Waals surface area contributed by atoms with Crippen LogP contribution >= 0.6 is 0 Å². The molecule has 0 radical (unpaired) electrons. The maximum atomic E-state index is 12.1. The normalized spacial score (nSPS) is 12.3. The van der Waals surface area contributed by atoms with Gasteiger partial charge in [0, 0.05) is 18.7 Å². The van der Waals surface area contributed by atoms with E-state index in [2.05, 4.69) is 0 Å². The van der Waals surface area contributed by atoms with Crippen molar-refractivity contribution in [2.45, 2.75) is 20.8 Å². The van der Waals surface area contributed by atoms with Crippen LogP contribution in [0.3, 0.4) is 0 Å². The van der Waals surface area contributed by atoms with Crippen LogP contribution in [0.4, 0.5) is 5.69 Å². The zero-order valence-electron chi connectivity index (χ0n) is 11.2. The molecule has 1 atom stereocenters. The summed E-state index contributed by atoms with van der Waals surface area (Å²) in [6.07, 6.45) is 0. The van der Waals surface area contributed by atoms with Crippen LogP contribution in [-0.4, -0.2) is 24.0 Å². The average Bonchev–Trinajstić information content (AvgIpc) is 2.36. The van der Waals surface area contributed by atoms with Gasteiger partial charge in [-0.2, -0.15) is 0 Å². The zero-order valence-corrected chi connectivity index (χ0v) is 11.2. The number of hydrogen-bond acceptors (Lipinski definition) is 2. The molecule has 1 aromatic carbocycles. The quantitative estimate of drug-likeness (QED) is 0.892. The van der Waals surface area contributed by atoms with E-state index in [-0.39, 0.29) is 23.3 Å². The minimum Gasteiger partial charge on any atom is -0.478 e. The highest BCUT2D eigenvalue weighted by Gasteiger charge is 2.21. The lowest BCUT2D eigenvalue weighted by Gasteiger charge is -2.23. The van der Waals surface area contributed by atoms with Crippen LogP contribution in [-0.2, 0) is 4.79 Å². The number of amides is 1. The van der Waals surface area contributed by atoms with Gasteiger partial charge in [0.1, 0.15) is 0 Å². The molecule has 4 heteroatoms. The number of hydrogen-bond donors (Lipinski definition) is 1. The van der Waals surface area contributed by atoms with Crippen molar-refractivity contribution in [1.82, 2.24) is 0 Å². The second-order valence-corrected chi connectivity index (χ2v) is 4.78. The number of carboxylic acids is 1. The van der Waals surface area contributed by atoms with Crippen LogP contribution in [0.15, 0.2) is 24.3 Å². The van der Waals surface area contributed by atoms with Gasteiger partial charge in [0.05, 0.1) is 5.56 Å². The highest BCUT2D eigenvalue weighted by Crippen LogP contribution is 2.19. The standard InChI is InChI=1S/C14H19NO3/c1-9(2)10(3)13(16)15(4)12-7-5-11(6-8-12)14(17)18/h5-10H,1-4H3,(H,17,18). The van der Waals surface area contributed by atoms with Crippen LogP contribution in [0, 0.1) is 11.8 Å². The largest absolute Gasteiger partial charge is 0.478 e. The molecule has 98 valence electrons. The average molecular weight is 249 g/mol. The van der Waals surface area contributed by atoms with Gasteiger partial charge in [0.15, 0.2) is 0 Å². The number of anilines is 1. The van der Waals surface area contributed by atoms with Crippen LogP contribution < -0.4 is 4.90 Å². The number of carbonyl (C=O) groups is 2. The Morgan fingerprint density at radius 3 is 2.00 bits per heavy atom. The van der Waals surface area contributed by atoms with Crippen LogP contribution in [0.25, 0.3) is 0 Å². The van der Waals surface area contributed by atoms with E-state index in [1.165, 1.54) is 12.1 Å². The van der Waals surface area contributed by atoms with Crippen molar-refractivity contribution in [3.63, 3.8) is 0 Å². The summed E-state index contributed by atoms with van der Waals surface area (Å²) in [5, 5.41) is 8.80. The minimum atomic E-state index is -0.967. The maximum absolute atomic E-state index is 12.1. The third-order valence-electron chi connectivity index (χ3n) is 3.22. The van der Waals surface area contributed by atoms with Crippen molar-refractivity contribution in [2.75, 3.05) is 11.9 Å². The molecule has 0 aliphatic heterocycles. The molecule has 1 unspecified atom stereocenters. The van der Waals surface area contributed by atoms with Gasteiger partial charge >= 0.3 is 5.97 Å². The Labute approximate surface area is 107 Å². The smallest absolute Gasteiger partial charge is 0.335 e. The number of carbonyl (C=O) groups excluding carboxylic acids is 1. The van der Waals surface area contributed by atoms with Gasteiger partial charge in [-0.25, -0.2) is 4.79 Å². The Bertz CT molecular complexity index is 437. The number of carboxylic acid groups (broad SMARTS) is 1. The Hall–Kier alpha value is -1.84. The number of aromatic carboxylic acids is 1. The molecule has 1 rings (SSSR count). The summed E-state index contributed by atoms with van der Waals surface area (Å²) in [4.78, 5) is 24.4. The summed E-state index contributed by atoms with van der Waals surface area (Å²) in [5.41, 5.74) is 0.925. The third-order valence-corrected chi connectivity index (χ3v) is 3.22. The molecule has 1 aromatic rings. The fraction of sp³-hybridized carbons (Fsp3) is 0.429. The summed E-state index contributed by atoms with van der Waals surface area (Å²) in [7, 11) is 1.71. The van der Waals surface area contributed by atoms with Gasteiger partial charge in [0.25, 0.3) is 0 Å². The third kappa shape index (κ3) is 3.09. The molecular formula is C14H19NO3. The molecule has 0 saturated heterocycles. The topological polar surface area (TPSA) is 57.6 Å². The second kappa shape index (κ2) is 5.67. The van der Waals surface area contributed by atoms with E-state index in [1.807, 2.05) is 20.8 Å². The van der Waals surface area contributed by atoms with Gasteiger partial charge in [-0.15, -0.1) is 0 Å². The molecule has 0 spiro atoms. The molecule has 1 N–H and O–H groups in total. The summed E-state index contributed by atoms with van der Waals surface area (Å²) in [6, 6.07) is 6.30.